The van der Waals surface area contributed by atoms with Crippen molar-refractivity contribution in [2.75, 3.05) is 7.11 Å². The number of allylic oxidation sites excluding steroid dienone is 1. The number of aliphatic imine (C=N–C) groups is 1. The molecule has 0 spiro atoms. The fraction of sp³-hybridized carbons (Fsp3) is 0.700. The summed E-state index contributed by atoms with van der Waals surface area (Å²) in [6, 6.07) is 0. The topological polar surface area (TPSA) is 21.6 Å². The second-order valence-corrected chi connectivity index (χ2v) is 4.11. The molecule has 0 radical (unpaired) electrons. The molecular formula is C10H15NO. The predicted molar refractivity (Wildman–Crippen MR) is 49.3 cm³/mol. The normalized spacial score (nSPS) is 44.4. The summed E-state index contributed by atoms with van der Waals surface area (Å²) in [7, 11) is 1.71. The molecule has 0 fully saturated rings. The lowest BCUT2D eigenvalue weighted by Crippen LogP contribution is -2.58. The number of ether oxygens (including phenoxy) is 1. The van der Waals surface area contributed by atoms with Gasteiger partial charge in [0.05, 0.1) is 18.1 Å². The summed E-state index contributed by atoms with van der Waals surface area (Å²) in [5.41, 5.74) is 0.267. The molecule has 12 heavy (non-hydrogen) atoms. The van der Waals surface area contributed by atoms with Crippen LogP contribution in [-0.4, -0.2) is 18.5 Å². The summed E-state index contributed by atoms with van der Waals surface area (Å²) in [6.45, 7) is 4.45. The van der Waals surface area contributed by atoms with Crippen molar-refractivity contribution < 1.29 is 4.74 Å². The van der Waals surface area contributed by atoms with Gasteiger partial charge < -0.3 is 4.74 Å². The third-order valence-corrected chi connectivity index (χ3v) is 3.41. The van der Waals surface area contributed by atoms with Crippen LogP contribution in [0.4, 0.5) is 0 Å². The molecule has 0 aromatic heterocycles. The molecule has 0 bridgehead atoms. The van der Waals surface area contributed by atoms with Crippen LogP contribution in [0.3, 0.4) is 0 Å². The highest BCUT2D eigenvalue weighted by Gasteiger charge is 2.56. The van der Waals surface area contributed by atoms with E-state index in [9.17, 15) is 0 Å². The first-order valence-electron chi connectivity index (χ1n) is 4.42. The van der Waals surface area contributed by atoms with Crippen LogP contribution in [0.15, 0.2) is 17.1 Å². The van der Waals surface area contributed by atoms with Crippen LogP contribution in [0.2, 0.25) is 0 Å². The van der Waals surface area contributed by atoms with Crippen molar-refractivity contribution in [3.8, 4) is 0 Å². The van der Waals surface area contributed by atoms with E-state index in [1.807, 2.05) is 0 Å². The summed E-state index contributed by atoms with van der Waals surface area (Å²) in [5, 5.41) is 0. The first-order chi connectivity index (χ1) is 5.62. The van der Waals surface area contributed by atoms with Crippen molar-refractivity contribution >= 4 is 5.90 Å². The Morgan fingerprint density at radius 1 is 1.33 bits per heavy atom. The van der Waals surface area contributed by atoms with Gasteiger partial charge in [0.15, 0.2) is 5.90 Å². The Morgan fingerprint density at radius 2 is 2.00 bits per heavy atom. The molecule has 0 aromatic carbocycles. The molecule has 1 aliphatic carbocycles. The summed E-state index contributed by atoms with van der Waals surface area (Å²) in [4.78, 5) is 4.51. The molecule has 1 aliphatic heterocycles. The number of fused-ring (bicyclic) bond motifs is 1. The molecule has 1 heterocycles. The SMILES string of the molecule is COC1=NC2(C)CC=CCC12C. The summed E-state index contributed by atoms with van der Waals surface area (Å²) < 4.78 is 5.24. The van der Waals surface area contributed by atoms with E-state index >= 15 is 0 Å². The maximum Gasteiger partial charge on any atom is 0.192 e. The summed E-state index contributed by atoms with van der Waals surface area (Å²) >= 11 is 0. The number of methoxy groups -OCH3 is 1. The minimum Gasteiger partial charge on any atom is -0.484 e. The molecule has 0 amide bonds. The Kier molecular flexibility index (Phi) is 1.39. The smallest absolute Gasteiger partial charge is 0.192 e. The zero-order chi connectivity index (χ0) is 8.82. The summed E-state index contributed by atoms with van der Waals surface area (Å²) in [5.74, 6) is 0.925. The van der Waals surface area contributed by atoms with Crippen LogP contribution < -0.4 is 0 Å². The van der Waals surface area contributed by atoms with E-state index in [1.165, 1.54) is 0 Å². The second-order valence-electron chi connectivity index (χ2n) is 4.11. The van der Waals surface area contributed by atoms with E-state index in [0.717, 1.165) is 18.7 Å². The zero-order valence-electron chi connectivity index (χ0n) is 7.92. The molecule has 2 atom stereocenters. The Morgan fingerprint density at radius 3 is 2.58 bits per heavy atom. The second kappa shape index (κ2) is 2.12. The van der Waals surface area contributed by atoms with E-state index < -0.39 is 0 Å². The van der Waals surface area contributed by atoms with Crippen molar-refractivity contribution in [3.63, 3.8) is 0 Å². The highest BCUT2D eigenvalue weighted by atomic mass is 16.5. The Balaban J connectivity index is 2.35. The standard InChI is InChI=1S/C10H15NO/c1-9-6-4-5-7-10(9,2)11-8(9)12-3/h4-5H,6-7H2,1-3H3. The van der Waals surface area contributed by atoms with Crippen molar-refractivity contribution in [3.05, 3.63) is 12.2 Å². The average Bonchev–Trinajstić information content (AvgIpc) is 2.05. The van der Waals surface area contributed by atoms with Crippen LogP contribution in [0.5, 0.6) is 0 Å². The van der Waals surface area contributed by atoms with Crippen LogP contribution in [-0.2, 0) is 4.74 Å². The molecule has 2 heteroatoms. The van der Waals surface area contributed by atoms with E-state index in [4.69, 9.17) is 4.74 Å². The first kappa shape index (κ1) is 7.84. The zero-order valence-corrected chi connectivity index (χ0v) is 7.92. The predicted octanol–water partition coefficient (Wildman–Crippen LogP) is 2.16. The monoisotopic (exact) mass is 165 g/mol. The molecule has 0 aromatic rings. The lowest BCUT2D eigenvalue weighted by molar-refractivity contribution is 0.139. The molecule has 2 rings (SSSR count). The highest BCUT2D eigenvalue weighted by Crippen LogP contribution is 2.52. The van der Waals surface area contributed by atoms with Crippen molar-refractivity contribution in [2.45, 2.75) is 32.2 Å². The van der Waals surface area contributed by atoms with Gasteiger partial charge in [-0.3, -0.25) is 0 Å². The van der Waals surface area contributed by atoms with Gasteiger partial charge in [0.25, 0.3) is 0 Å². The van der Waals surface area contributed by atoms with Crippen LogP contribution in [0, 0.1) is 5.41 Å². The van der Waals surface area contributed by atoms with Gasteiger partial charge in [0, 0.05) is 0 Å². The van der Waals surface area contributed by atoms with Crippen LogP contribution in [0.1, 0.15) is 26.7 Å². The van der Waals surface area contributed by atoms with Gasteiger partial charge in [-0.2, -0.15) is 0 Å². The van der Waals surface area contributed by atoms with E-state index in [2.05, 4.69) is 31.0 Å². The Labute approximate surface area is 73.3 Å². The molecule has 0 saturated carbocycles. The minimum absolute atomic E-state index is 0.104. The largest absolute Gasteiger partial charge is 0.484 e. The van der Waals surface area contributed by atoms with E-state index in [-0.39, 0.29) is 11.0 Å². The third kappa shape index (κ3) is 0.680. The molecule has 0 N–H and O–H groups in total. The lowest BCUT2D eigenvalue weighted by atomic mass is 9.61. The number of nitrogens with zero attached hydrogens (tertiary/aromatic N) is 1. The van der Waals surface area contributed by atoms with Crippen LogP contribution >= 0.6 is 0 Å². The van der Waals surface area contributed by atoms with Gasteiger partial charge in [0.1, 0.15) is 0 Å². The molecule has 2 unspecified atom stereocenters. The lowest BCUT2D eigenvalue weighted by Gasteiger charge is -2.52. The maximum absolute atomic E-state index is 5.24. The maximum atomic E-state index is 5.24. The fourth-order valence-electron chi connectivity index (χ4n) is 2.13. The first-order valence-corrected chi connectivity index (χ1v) is 4.42. The molecule has 2 nitrogen and oxygen atoms in total. The van der Waals surface area contributed by atoms with Gasteiger partial charge in [0.2, 0.25) is 0 Å². The number of hydrogen-bond acceptors (Lipinski definition) is 2. The minimum atomic E-state index is 0.104. The van der Waals surface area contributed by atoms with Gasteiger partial charge in [-0.05, 0) is 26.7 Å². The average molecular weight is 165 g/mol. The van der Waals surface area contributed by atoms with Gasteiger partial charge >= 0.3 is 0 Å². The Hall–Kier alpha value is -0.790. The van der Waals surface area contributed by atoms with Crippen molar-refractivity contribution in [1.29, 1.82) is 0 Å². The van der Waals surface area contributed by atoms with Crippen molar-refractivity contribution in [1.82, 2.24) is 0 Å². The van der Waals surface area contributed by atoms with Gasteiger partial charge in [-0.1, -0.05) is 12.2 Å². The van der Waals surface area contributed by atoms with Gasteiger partial charge in [-0.15, -0.1) is 0 Å². The van der Waals surface area contributed by atoms with E-state index in [0.29, 0.717) is 0 Å². The van der Waals surface area contributed by atoms with E-state index in [1.54, 1.807) is 7.11 Å². The quantitative estimate of drug-likeness (QED) is 0.504. The number of rotatable bonds is 0. The molecule has 2 aliphatic rings. The molecule has 66 valence electrons. The van der Waals surface area contributed by atoms with Crippen LogP contribution in [0.25, 0.3) is 0 Å². The molecular weight excluding hydrogens is 150 g/mol. The Bertz CT molecular complexity index is 269. The summed E-state index contributed by atoms with van der Waals surface area (Å²) in [6.07, 6.45) is 6.57. The van der Waals surface area contributed by atoms with Gasteiger partial charge in [-0.25, -0.2) is 4.99 Å². The molecule has 0 saturated heterocycles. The third-order valence-electron chi connectivity index (χ3n) is 3.41. The fourth-order valence-corrected chi connectivity index (χ4v) is 2.13. The highest BCUT2D eigenvalue weighted by molar-refractivity contribution is 5.90. The number of hydrogen-bond donors (Lipinski definition) is 0. The van der Waals surface area contributed by atoms with Crippen molar-refractivity contribution in [2.24, 2.45) is 10.4 Å².